The van der Waals surface area contributed by atoms with Crippen LogP contribution in [0.1, 0.15) is 63.1 Å². The van der Waals surface area contributed by atoms with Crippen LogP contribution in [-0.2, 0) is 25.5 Å². The molecule has 3 N–H and O–H groups in total. The molecule has 4 heterocycles. The molecule has 3 aliphatic heterocycles. The molecule has 0 saturated carbocycles. The van der Waals surface area contributed by atoms with Crippen LogP contribution in [0.2, 0.25) is 0 Å². The van der Waals surface area contributed by atoms with E-state index in [1.165, 1.54) is 12.1 Å². The average Bonchev–Trinajstić information content (AvgIpc) is 3.45. The minimum absolute atomic E-state index is 0.0436. The molecule has 0 bridgehead atoms. The summed E-state index contributed by atoms with van der Waals surface area (Å²) in [5.41, 5.74) is 7.06. The predicted octanol–water partition coefficient (Wildman–Crippen LogP) is 3.89. The van der Waals surface area contributed by atoms with Gasteiger partial charge in [0.05, 0.1) is 43.8 Å². The summed E-state index contributed by atoms with van der Waals surface area (Å²) in [5, 5.41) is 9.44. The molecule has 294 valence electrons. The van der Waals surface area contributed by atoms with Gasteiger partial charge in [-0.3, -0.25) is 39.6 Å². The van der Waals surface area contributed by atoms with Crippen LogP contribution in [0, 0.1) is 6.92 Å². The van der Waals surface area contributed by atoms with E-state index in [4.69, 9.17) is 14.2 Å². The number of anilines is 3. The number of fused-ring (bicyclic) bond motifs is 1. The molecule has 0 spiro atoms. The lowest BCUT2D eigenvalue weighted by Crippen LogP contribution is -2.54. The number of rotatable bonds is 15. The number of nitrogens with one attached hydrogen (secondary N) is 3. The van der Waals surface area contributed by atoms with E-state index in [1.54, 1.807) is 12.3 Å². The summed E-state index contributed by atoms with van der Waals surface area (Å²) in [5.74, 6) is -0.898. The fourth-order valence-corrected chi connectivity index (χ4v) is 6.61. The summed E-state index contributed by atoms with van der Waals surface area (Å²) in [7, 11) is 0. The standard InChI is InChI=1S/C41H42N8O8/c1-26-4-2-5-28(22-26)25-42-47-34-24-35(48-16-20-55-21-17-48)45-41(44-34)57-19-15-27-7-9-29(10-8-27)43-36(50)6-3-18-56-30-11-12-31-32(23-30)40(54)49(39(31)53)33-13-14-37(51)46-38(33)52/h2,4-5,7-12,22-25,33H,3,6,13-21H2,1H3,(H,43,50)(H,44,45,47)(H,46,51,52)/b42-25+. The summed E-state index contributed by atoms with van der Waals surface area (Å²) in [6, 6.07) is 21.1. The smallest absolute Gasteiger partial charge is 0.320 e. The van der Waals surface area contributed by atoms with Gasteiger partial charge in [0, 0.05) is 44.1 Å². The second-order valence-electron chi connectivity index (χ2n) is 13.7. The Balaban J connectivity index is 0.855. The van der Waals surface area contributed by atoms with E-state index in [-0.39, 0.29) is 48.9 Å². The Bertz CT molecular complexity index is 2190. The number of benzene rings is 3. The van der Waals surface area contributed by atoms with Gasteiger partial charge >= 0.3 is 6.01 Å². The van der Waals surface area contributed by atoms with Gasteiger partial charge in [-0.1, -0.05) is 42.0 Å². The Morgan fingerprint density at radius 3 is 2.54 bits per heavy atom. The topological polar surface area (TPSA) is 194 Å². The third-order valence-electron chi connectivity index (χ3n) is 9.55. The van der Waals surface area contributed by atoms with Crippen molar-refractivity contribution in [3.63, 3.8) is 0 Å². The zero-order valence-corrected chi connectivity index (χ0v) is 31.4. The third-order valence-corrected chi connectivity index (χ3v) is 9.55. The maximum Gasteiger partial charge on any atom is 0.320 e. The molecular weight excluding hydrogens is 732 g/mol. The highest BCUT2D eigenvalue weighted by molar-refractivity contribution is 6.23. The number of hydrogen-bond donors (Lipinski definition) is 3. The van der Waals surface area contributed by atoms with Crippen LogP contribution in [-0.4, -0.2) is 96.2 Å². The number of hydrogen-bond acceptors (Lipinski definition) is 13. The first-order valence-electron chi connectivity index (χ1n) is 18.8. The maximum absolute atomic E-state index is 13.1. The van der Waals surface area contributed by atoms with E-state index in [2.05, 4.69) is 36.0 Å². The van der Waals surface area contributed by atoms with Crippen molar-refractivity contribution in [2.75, 3.05) is 55.2 Å². The molecule has 16 heteroatoms. The van der Waals surface area contributed by atoms with Crippen LogP contribution in [0.15, 0.2) is 77.9 Å². The molecule has 1 atom stereocenters. The minimum Gasteiger partial charge on any atom is -0.494 e. The Morgan fingerprint density at radius 1 is 0.947 bits per heavy atom. The highest BCUT2D eigenvalue weighted by atomic mass is 16.5. The van der Waals surface area contributed by atoms with Crippen LogP contribution < -0.4 is 30.4 Å². The summed E-state index contributed by atoms with van der Waals surface area (Å²) >= 11 is 0. The minimum atomic E-state index is -1.04. The molecule has 16 nitrogen and oxygen atoms in total. The van der Waals surface area contributed by atoms with Gasteiger partial charge in [-0.25, -0.2) is 0 Å². The first-order chi connectivity index (χ1) is 27.7. The predicted molar refractivity (Wildman–Crippen MR) is 210 cm³/mol. The van der Waals surface area contributed by atoms with Crippen LogP contribution in [0.4, 0.5) is 17.3 Å². The first kappa shape index (κ1) is 38.6. The summed E-state index contributed by atoms with van der Waals surface area (Å²) in [6.45, 7) is 5.19. The Labute approximate surface area is 328 Å². The molecule has 3 aliphatic rings. The van der Waals surface area contributed by atoms with Crippen molar-refractivity contribution in [2.24, 2.45) is 5.10 Å². The van der Waals surface area contributed by atoms with Gasteiger partial charge in [0.1, 0.15) is 17.6 Å². The lowest BCUT2D eigenvalue weighted by Gasteiger charge is -2.28. The van der Waals surface area contributed by atoms with Crippen molar-refractivity contribution >= 4 is 53.1 Å². The molecular formula is C41H42N8O8. The molecule has 1 unspecified atom stereocenters. The van der Waals surface area contributed by atoms with Crippen LogP contribution >= 0.6 is 0 Å². The SMILES string of the molecule is Cc1cccc(/C=N/Nc2cc(N3CCOCC3)nc(OCCc3ccc(NC(=O)CCCOc4ccc5c(c4)C(=O)N(C4CCC(=O)NC4=O)C5=O)cc3)n2)c1. The number of amides is 5. The van der Waals surface area contributed by atoms with Crippen molar-refractivity contribution in [1.82, 2.24) is 20.2 Å². The van der Waals surface area contributed by atoms with E-state index in [1.807, 2.05) is 61.5 Å². The zero-order chi connectivity index (χ0) is 39.7. The van der Waals surface area contributed by atoms with Crippen LogP contribution in [0.25, 0.3) is 0 Å². The van der Waals surface area contributed by atoms with Gasteiger partial charge < -0.3 is 24.4 Å². The summed E-state index contributed by atoms with van der Waals surface area (Å²) in [6.07, 6.45) is 3.04. The number of aryl methyl sites for hydroxylation is 1. The zero-order valence-electron chi connectivity index (χ0n) is 31.4. The summed E-state index contributed by atoms with van der Waals surface area (Å²) in [4.78, 5) is 74.7. The van der Waals surface area contributed by atoms with E-state index >= 15 is 0 Å². The molecule has 5 amide bonds. The van der Waals surface area contributed by atoms with Crippen molar-refractivity contribution in [3.05, 3.63) is 101 Å². The maximum atomic E-state index is 13.1. The lowest BCUT2D eigenvalue weighted by atomic mass is 10.0. The number of imide groups is 2. The molecule has 0 aliphatic carbocycles. The number of carbonyl (C=O) groups is 5. The Kier molecular flexibility index (Phi) is 12.1. The third kappa shape index (κ3) is 9.77. The molecule has 4 aromatic rings. The fourth-order valence-electron chi connectivity index (χ4n) is 6.61. The molecule has 7 rings (SSSR count). The van der Waals surface area contributed by atoms with Crippen molar-refractivity contribution in [1.29, 1.82) is 0 Å². The number of aromatic nitrogens is 2. The molecule has 2 saturated heterocycles. The highest BCUT2D eigenvalue weighted by Crippen LogP contribution is 2.30. The number of morpholine rings is 1. The molecule has 1 aromatic heterocycles. The Morgan fingerprint density at radius 2 is 1.75 bits per heavy atom. The van der Waals surface area contributed by atoms with Crippen molar-refractivity contribution < 1.29 is 38.2 Å². The molecule has 57 heavy (non-hydrogen) atoms. The number of carbonyl (C=O) groups excluding carboxylic acids is 5. The van der Waals surface area contributed by atoms with E-state index in [9.17, 15) is 24.0 Å². The van der Waals surface area contributed by atoms with Gasteiger partial charge in [-0.2, -0.15) is 15.1 Å². The molecule has 3 aromatic carbocycles. The van der Waals surface area contributed by atoms with Gasteiger partial charge in [0.15, 0.2) is 5.82 Å². The van der Waals surface area contributed by atoms with Crippen molar-refractivity contribution in [3.8, 4) is 11.8 Å². The first-order valence-corrected chi connectivity index (χ1v) is 18.8. The fraction of sp³-hybridized carbons (Fsp3) is 0.317. The number of ether oxygens (including phenoxy) is 3. The van der Waals surface area contributed by atoms with Crippen LogP contribution in [0.3, 0.4) is 0 Å². The quantitative estimate of drug-likeness (QED) is 0.0684. The number of piperidine rings is 1. The van der Waals surface area contributed by atoms with E-state index < -0.39 is 29.7 Å². The second-order valence-corrected chi connectivity index (χ2v) is 13.7. The van der Waals surface area contributed by atoms with Crippen LogP contribution in [0.5, 0.6) is 11.8 Å². The average molecular weight is 775 g/mol. The lowest BCUT2D eigenvalue weighted by molar-refractivity contribution is -0.136. The van der Waals surface area contributed by atoms with E-state index in [0.29, 0.717) is 63.0 Å². The highest BCUT2D eigenvalue weighted by Gasteiger charge is 2.44. The van der Waals surface area contributed by atoms with Gasteiger partial charge in [0.25, 0.3) is 11.8 Å². The largest absolute Gasteiger partial charge is 0.494 e. The monoisotopic (exact) mass is 774 g/mol. The van der Waals surface area contributed by atoms with Gasteiger partial charge in [0.2, 0.25) is 17.7 Å². The van der Waals surface area contributed by atoms with Crippen molar-refractivity contribution in [2.45, 2.75) is 45.1 Å². The van der Waals surface area contributed by atoms with Gasteiger partial charge in [-0.15, -0.1) is 0 Å². The number of hydrazone groups is 1. The summed E-state index contributed by atoms with van der Waals surface area (Å²) < 4.78 is 17.3. The molecule has 0 radical (unpaired) electrons. The van der Waals surface area contributed by atoms with E-state index in [0.717, 1.165) is 27.4 Å². The van der Waals surface area contributed by atoms with Gasteiger partial charge in [-0.05, 0) is 61.2 Å². The molecule has 2 fully saturated rings. The second kappa shape index (κ2) is 17.8. The Hall–Kier alpha value is -6.68. The normalized spacial score (nSPS) is 16.8. The number of nitrogens with zero attached hydrogens (tertiary/aromatic N) is 5.